The van der Waals surface area contributed by atoms with E-state index in [2.05, 4.69) is 15.4 Å². The first-order chi connectivity index (χ1) is 11.1. The Hall–Kier alpha value is -2.08. The van der Waals surface area contributed by atoms with Crippen molar-refractivity contribution in [1.82, 2.24) is 5.32 Å². The molecule has 126 valence electrons. The predicted molar refractivity (Wildman–Crippen MR) is 87.7 cm³/mol. The number of methoxy groups -OCH3 is 1. The number of hydrogen-bond donors (Lipinski definition) is 2. The number of amides is 2. The van der Waals surface area contributed by atoms with E-state index in [9.17, 15) is 9.59 Å². The van der Waals surface area contributed by atoms with Gasteiger partial charge < -0.3 is 20.1 Å². The zero-order valence-corrected chi connectivity index (χ0v) is 13.7. The van der Waals surface area contributed by atoms with Crippen LogP contribution in [-0.2, 0) is 9.47 Å². The van der Waals surface area contributed by atoms with Crippen molar-refractivity contribution >= 4 is 17.7 Å². The lowest BCUT2D eigenvalue weighted by molar-refractivity contribution is 0.0600. The molecule has 0 radical (unpaired) electrons. The molecule has 1 atom stereocenters. The highest BCUT2D eigenvalue weighted by Gasteiger charge is 2.15. The quantitative estimate of drug-likeness (QED) is 0.624. The third-order valence-corrected chi connectivity index (χ3v) is 4.01. The molecule has 0 spiro atoms. The number of esters is 1. The molecule has 0 bridgehead atoms. The lowest BCUT2D eigenvalue weighted by atomic mass is 10.0. The van der Waals surface area contributed by atoms with Crippen LogP contribution in [0.3, 0.4) is 0 Å². The first kappa shape index (κ1) is 17.3. The number of urea groups is 1. The standard InChI is InChI=1S/C17H24N2O4/c1-12-5-6-14(16(20)22-2)10-15(12)19-17(21)18-8-3-4-13-7-9-23-11-13/h5-6,10,13H,3-4,7-9,11H2,1-2H3,(H2,18,19,21)/t13-/m1/s1. The number of benzene rings is 1. The van der Waals surface area contributed by atoms with Crippen LogP contribution < -0.4 is 10.6 Å². The fraction of sp³-hybridized carbons (Fsp3) is 0.529. The van der Waals surface area contributed by atoms with E-state index in [1.807, 2.05) is 6.92 Å². The zero-order valence-electron chi connectivity index (χ0n) is 13.7. The molecular weight excluding hydrogens is 296 g/mol. The molecule has 0 unspecified atom stereocenters. The monoisotopic (exact) mass is 320 g/mol. The summed E-state index contributed by atoms with van der Waals surface area (Å²) in [6.07, 6.45) is 3.12. The van der Waals surface area contributed by atoms with Crippen LogP contribution in [-0.4, -0.2) is 38.9 Å². The second-order valence-electron chi connectivity index (χ2n) is 5.77. The minimum Gasteiger partial charge on any atom is -0.465 e. The molecule has 1 aliphatic rings. The van der Waals surface area contributed by atoms with Crippen LogP contribution in [0.1, 0.15) is 35.2 Å². The van der Waals surface area contributed by atoms with Crippen molar-refractivity contribution in [2.24, 2.45) is 5.92 Å². The number of nitrogens with one attached hydrogen (secondary N) is 2. The Morgan fingerprint density at radius 1 is 1.39 bits per heavy atom. The average molecular weight is 320 g/mol. The van der Waals surface area contributed by atoms with Gasteiger partial charge in [0.1, 0.15) is 0 Å². The Morgan fingerprint density at radius 2 is 2.22 bits per heavy atom. The predicted octanol–water partition coefficient (Wildman–Crippen LogP) is 2.72. The van der Waals surface area contributed by atoms with Crippen LogP contribution in [0.5, 0.6) is 0 Å². The molecular formula is C17H24N2O4. The van der Waals surface area contributed by atoms with Gasteiger partial charge in [-0.3, -0.25) is 0 Å². The van der Waals surface area contributed by atoms with E-state index < -0.39 is 5.97 Å². The number of rotatable bonds is 6. The normalized spacial score (nSPS) is 16.9. The fourth-order valence-electron chi connectivity index (χ4n) is 2.57. The van der Waals surface area contributed by atoms with Gasteiger partial charge in [-0.2, -0.15) is 0 Å². The molecule has 6 heteroatoms. The van der Waals surface area contributed by atoms with E-state index in [1.54, 1.807) is 18.2 Å². The van der Waals surface area contributed by atoms with Gasteiger partial charge in [-0.1, -0.05) is 6.07 Å². The van der Waals surface area contributed by atoms with Gasteiger partial charge in [0.2, 0.25) is 0 Å². The van der Waals surface area contributed by atoms with E-state index >= 15 is 0 Å². The van der Waals surface area contributed by atoms with Crippen LogP contribution in [0, 0.1) is 12.8 Å². The van der Waals surface area contributed by atoms with E-state index in [-0.39, 0.29) is 6.03 Å². The number of hydrogen-bond acceptors (Lipinski definition) is 4. The molecule has 0 aliphatic carbocycles. The van der Waals surface area contributed by atoms with Crippen molar-refractivity contribution in [3.63, 3.8) is 0 Å². The Balaban J connectivity index is 1.78. The summed E-state index contributed by atoms with van der Waals surface area (Å²) in [5, 5.41) is 5.61. The molecule has 23 heavy (non-hydrogen) atoms. The zero-order chi connectivity index (χ0) is 16.7. The van der Waals surface area contributed by atoms with Crippen molar-refractivity contribution in [1.29, 1.82) is 0 Å². The van der Waals surface area contributed by atoms with Crippen molar-refractivity contribution in [3.8, 4) is 0 Å². The lowest BCUT2D eigenvalue weighted by Gasteiger charge is -2.12. The second-order valence-corrected chi connectivity index (χ2v) is 5.77. The molecule has 6 nitrogen and oxygen atoms in total. The van der Waals surface area contributed by atoms with Crippen LogP contribution in [0.4, 0.5) is 10.5 Å². The molecule has 2 rings (SSSR count). The number of aryl methyl sites for hydroxylation is 1. The van der Waals surface area contributed by atoms with Gasteiger partial charge in [-0.15, -0.1) is 0 Å². The summed E-state index contributed by atoms with van der Waals surface area (Å²) in [5.41, 5.74) is 1.90. The summed E-state index contributed by atoms with van der Waals surface area (Å²) in [5.74, 6) is 0.200. The molecule has 2 N–H and O–H groups in total. The molecule has 1 heterocycles. The maximum absolute atomic E-state index is 11.9. The van der Waals surface area contributed by atoms with E-state index in [1.165, 1.54) is 7.11 Å². The third-order valence-electron chi connectivity index (χ3n) is 4.01. The van der Waals surface area contributed by atoms with E-state index in [0.717, 1.165) is 38.0 Å². The summed E-state index contributed by atoms with van der Waals surface area (Å²) in [4.78, 5) is 23.5. The maximum Gasteiger partial charge on any atom is 0.337 e. The molecule has 1 aromatic rings. The molecule has 1 saturated heterocycles. The molecule has 1 aromatic carbocycles. The number of carbonyl (C=O) groups is 2. The molecule has 1 fully saturated rings. The van der Waals surface area contributed by atoms with E-state index in [4.69, 9.17) is 4.74 Å². The Labute approximate surface area is 136 Å². The van der Waals surface area contributed by atoms with Crippen LogP contribution in [0.25, 0.3) is 0 Å². The highest BCUT2D eigenvalue weighted by atomic mass is 16.5. The van der Waals surface area contributed by atoms with Crippen molar-refractivity contribution in [2.45, 2.75) is 26.2 Å². The first-order valence-corrected chi connectivity index (χ1v) is 7.91. The molecule has 0 aromatic heterocycles. The smallest absolute Gasteiger partial charge is 0.337 e. The summed E-state index contributed by atoms with van der Waals surface area (Å²) >= 11 is 0. The Bertz CT molecular complexity index is 554. The molecule has 0 saturated carbocycles. The van der Waals surface area contributed by atoms with Gasteiger partial charge in [0, 0.05) is 25.4 Å². The van der Waals surface area contributed by atoms with Crippen molar-refractivity contribution < 1.29 is 19.1 Å². The van der Waals surface area contributed by atoms with Gasteiger partial charge in [-0.25, -0.2) is 9.59 Å². The lowest BCUT2D eigenvalue weighted by Crippen LogP contribution is -2.30. The van der Waals surface area contributed by atoms with Crippen LogP contribution in [0.15, 0.2) is 18.2 Å². The van der Waals surface area contributed by atoms with Gasteiger partial charge in [-0.05, 0) is 49.8 Å². The van der Waals surface area contributed by atoms with Crippen LogP contribution in [0.2, 0.25) is 0 Å². The largest absolute Gasteiger partial charge is 0.465 e. The van der Waals surface area contributed by atoms with E-state index in [0.29, 0.717) is 23.7 Å². The number of carbonyl (C=O) groups excluding carboxylic acids is 2. The summed E-state index contributed by atoms with van der Waals surface area (Å²) < 4.78 is 10.0. The highest BCUT2D eigenvalue weighted by molar-refractivity contribution is 5.94. The first-order valence-electron chi connectivity index (χ1n) is 7.91. The maximum atomic E-state index is 11.9. The van der Waals surface area contributed by atoms with Gasteiger partial charge in [0.05, 0.1) is 12.7 Å². The Morgan fingerprint density at radius 3 is 2.91 bits per heavy atom. The molecule has 2 amide bonds. The number of anilines is 1. The number of ether oxygens (including phenoxy) is 2. The van der Waals surface area contributed by atoms with Gasteiger partial charge >= 0.3 is 12.0 Å². The second kappa shape index (κ2) is 8.53. The van der Waals surface area contributed by atoms with Crippen LogP contribution >= 0.6 is 0 Å². The van der Waals surface area contributed by atoms with Crippen molar-refractivity contribution in [3.05, 3.63) is 29.3 Å². The third kappa shape index (κ3) is 5.25. The van der Waals surface area contributed by atoms with Gasteiger partial charge in [0.25, 0.3) is 0 Å². The Kier molecular flexibility index (Phi) is 6.40. The summed E-state index contributed by atoms with van der Waals surface area (Å²) in [6, 6.07) is 4.81. The molecule has 1 aliphatic heterocycles. The van der Waals surface area contributed by atoms with Crippen molar-refractivity contribution in [2.75, 3.05) is 32.2 Å². The average Bonchev–Trinajstić information content (AvgIpc) is 3.06. The highest BCUT2D eigenvalue weighted by Crippen LogP contribution is 2.18. The van der Waals surface area contributed by atoms with Gasteiger partial charge in [0.15, 0.2) is 0 Å². The topological polar surface area (TPSA) is 76.7 Å². The fourth-order valence-corrected chi connectivity index (χ4v) is 2.57. The minimum atomic E-state index is -0.424. The summed E-state index contributed by atoms with van der Waals surface area (Å²) in [7, 11) is 1.33. The SMILES string of the molecule is COC(=O)c1ccc(C)c(NC(=O)NCCC[C@@H]2CCOC2)c1. The minimum absolute atomic E-state index is 0.266. The summed E-state index contributed by atoms with van der Waals surface area (Å²) in [6.45, 7) is 4.19.